The second-order valence-electron chi connectivity index (χ2n) is 2.43. The maximum Gasteiger partial charge on any atom is 0.147 e. The second-order valence-corrected chi connectivity index (χ2v) is 2.43. The molecule has 0 saturated carbocycles. The molecule has 0 amide bonds. The Morgan fingerprint density at radius 3 is 2.64 bits per heavy atom. The van der Waals surface area contributed by atoms with Crippen LogP contribution in [0.1, 0.15) is 13.3 Å². The van der Waals surface area contributed by atoms with Crippen molar-refractivity contribution in [2.45, 2.75) is 25.6 Å². The monoisotopic (exact) mass is 160 g/mol. The number of methoxy groups -OCH3 is 1. The number of aliphatic hydroxyl groups is 1. The highest BCUT2D eigenvalue weighted by atomic mass is 16.7. The number of aliphatic hydroxyl groups excluding tert-OH is 1. The van der Waals surface area contributed by atoms with Gasteiger partial charge in [0, 0.05) is 13.5 Å². The summed E-state index contributed by atoms with van der Waals surface area (Å²) in [6.07, 6.45) is 1.74. The number of hydrogen-bond donors (Lipinski definition) is 1. The minimum atomic E-state index is -0.366. The van der Waals surface area contributed by atoms with Crippen LogP contribution in [0.4, 0.5) is 0 Å². The zero-order valence-electron chi connectivity index (χ0n) is 7.12. The molecule has 1 N–H and O–H groups in total. The lowest BCUT2D eigenvalue weighted by molar-refractivity contribution is -0.0658. The summed E-state index contributed by atoms with van der Waals surface area (Å²) in [6.45, 7) is 5.53. The fraction of sp³-hybridized carbons (Fsp3) is 0.750. The summed E-state index contributed by atoms with van der Waals surface area (Å²) in [5, 5.41) is 8.98. The van der Waals surface area contributed by atoms with E-state index in [4.69, 9.17) is 14.6 Å². The molecule has 0 aromatic heterocycles. The van der Waals surface area contributed by atoms with Gasteiger partial charge in [-0.25, -0.2) is 0 Å². The van der Waals surface area contributed by atoms with Crippen molar-refractivity contribution in [1.82, 2.24) is 0 Å². The highest BCUT2D eigenvalue weighted by Gasteiger charge is 2.06. The lowest BCUT2D eigenvalue weighted by atomic mass is 10.2. The van der Waals surface area contributed by atoms with Gasteiger partial charge >= 0.3 is 0 Å². The van der Waals surface area contributed by atoms with Crippen molar-refractivity contribution in [3.05, 3.63) is 12.7 Å². The summed E-state index contributed by atoms with van der Waals surface area (Å²) >= 11 is 0. The van der Waals surface area contributed by atoms with Crippen molar-refractivity contribution in [2.24, 2.45) is 0 Å². The quantitative estimate of drug-likeness (QED) is 0.464. The Morgan fingerprint density at radius 1 is 1.64 bits per heavy atom. The highest BCUT2D eigenvalue weighted by Crippen LogP contribution is 2.03. The van der Waals surface area contributed by atoms with E-state index in [-0.39, 0.29) is 19.0 Å². The van der Waals surface area contributed by atoms with E-state index in [9.17, 15) is 0 Å². The van der Waals surface area contributed by atoms with Gasteiger partial charge in [0.05, 0.1) is 12.2 Å². The van der Waals surface area contributed by atoms with Crippen LogP contribution in [0.3, 0.4) is 0 Å². The van der Waals surface area contributed by atoms with Crippen LogP contribution >= 0.6 is 0 Å². The molecule has 66 valence electrons. The molecular formula is C8H16O3. The first-order chi connectivity index (χ1) is 5.20. The van der Waals surface area contributed by atoms with E-state index in [0.717, 1.165) is 0 Å². The maximum absolute atomic E-state index is 8.98. The van der Waals surface area contributed by atoms with Crippen LogP contribution in [-0.4, -0.2) is 31.2 Å². The Balaban J connectivity index is 3.49. The third-order valence-corrected chi connectivity index (χ3v) is 1.24. The predicted molar refractivity (Wildman–Crippen MR) is 43.2 cm³/mol. The molecule has 0 bridgehead atoms. The van der Waals surface area contributed by atoms with Gasteiger partial charge in [-0.3, -0.25) is 0 Å². The third-order valence-electron chi connectivity index (χ3n) is 1.24. The fourth-order valence-corrected chi connectivity index (χ4v) is 0.724. The summed E-state index contributed by atoms with van der Waals surface area (Å²) < 4.78 is 9.86. The molecule has 0 unspecified atom stereocenters. The average molecular weight is 160 g/mol. The van der Waals surface area contributed by atoms with Gasteiger partial charge in [0.2, 0.25) is 0 Å². The van der Waals surface area contributed by atoms with Gasteiger partial charge in [-0.2, -0.15) is 0 Å². The minimum Gasteiger partial charge on any atom is -0.393 e. The normalized spacial score (nSPS) is 15.9. The van der Waals surface area contributed by atoms with Crippen LogP contribution in [0.5, 0.6) is 0 Å². The smallest absolute Gasteiger partial charge is 0.147 e. The molecular weight excluding hydrogens is 144 g/mol. The molecule has 3 nitrogen and oxygen atoms in total. The summed E-state index contributed by atoms with van der Waals surface area (Å²) in [5.41, 5.74) is 0. The van der Waals surface area contributed by atoms with Crippen LogP contribution in [0.2, 0.25) is 0 Å². The Morgan fingerprint density at radius 2 is 2.27 bits per heavy atom. The molecule has 2 atom stereocenters. The largest absolute Gasteiger partial charge is 0.393 e. The number of hydrogen-bond acceptors (Lipinski definition) is 3. The van der Waals surface area contributed by atoms with Crippen molar-refractivity contribution in [2.75, 3.05) is 13.9 Å². The second kappa shape index (κ2) is 6.34. The van der Waals surface area contributed by atoms with E-state index in [1.54, 1.807) is 20.1 Å². The molecule has 0 heterocycles. The standard InChI is InChI=1S/C8H16O3/c1-4-8(5-7(2)9)11-6-10-3/h4,7-9H,1,5-6H2,2-3H3/t7-,8-/m1/s1. The molecule has 0 spiro atoms. The van der Waals surface area contributed by atoms with Gasteiger partial charge in [-0.15, -0.1) is 6.58 Å². The Bertz CT molecular complexity index is 102. The van der Waals surface area contributed by atoms with E-state index >= 15 is 0 Å². The van der Waals surface area contributed by atoms with Gasteiger partial charge in [0.15, 0.2) is 0 Å². The van der Waals surface area contributed by atoms with Crippen molar-refractivity contribution in [3.8, 4) is 0 Å². The zero-order chi connectivity index (χ0) is 8.69. The molecule has 0 aliphatic rings. The van der Waals surface area contributed by atoms with Crippen molar-refractivity contribution in [1.29, 1.82) is 0 Å². The predicted octanol–water partition coefficient (Wildman–Crippen LogP) is 0.932. The van der Waals surface area contributed by atoms with Crippen molar-refractivity contribution >= 4 is 0 Å². The molecule has 0 aromatic carbocycles. The topological polar surface area (TPSA) is 38.7 Å². The lowest BCUT2D eigenvalue weighted by Crippen LogP contribution is -2.17. The molecule has 0 saturated heterocycles. The maximum atomic E-state index is 8.98. The van der Waals surface area contributed by atoms with Crippen molar-refractivity contribution < 1.29 is 14.6 Å². The molecule has 0 rings (SSSR count). The van der Waals surface area contributed by atoms with E-state index < -0.39 is 0 Å². The fourth-order valence-electron chi connectivity index (χ4n) is 0.724. The minimum absolute atomic E-state index is 0.116. The van der Waals surface area contributed by atoms with Gasteiger partial charge in [-0.05, 0) is 6.92 Å². The van der Waals surface area contributed by atoms with E-state index in [0.29, 0.717) is 6.42 Å². The van der Waals surface area contributed by atoms with E-state index in [1.807, 2.05) is 0 Å². The summed E-state index contributed by atoms with van der Waals surface area (Å²) in [4.78, 5) is 0. The van der Waals surface area contributed by atoms with Crippen molar-refractivity contribution in [3.63, 3.8) is 0 Å². The Labute approximate surface area is 67.6 Å². The van der Waals surface area contributed by atoms with Crippen LogP contribution < -0.4 is 0 Å². The molecule has 0 aliphatic carbocycles. The average Bonchev–Trinajstić information content (AvgIpc) is 1.97. The lowest BCUT2D eigenvalue weighted by Gasteiger charge is -2.14. The van der Waals surface area contributed by atoms with E-state index in [2.05, 4.69) is 6.58 Å². The van der Waals surface area contributed by atoms with E-state index in [1.165, 1.54) is 0 Å². The van der Waals surface area contributed by atoms with Gasteiger partial charge in [-0.1, -0.05) is 6.08 Å². The number of rotatable bonds is 6. The first-order valence-corrected chi connectivity index (χ1v) is 3.61. The number of ether oxygens (including phenoxy) is 2. The van der Waals surface area contributed by atoms with Gasteiger partial charge in [0.1, 0.15) is 6.79 Å². The molecule has 0 aliphatic heterocycles. The molecule has 0 radical (unpaired) electrons. The van der Waals surface area contributed by atoms with Gasteiger partial charge in [0.25, 0.3) is 0 Å². The SMILES string of the molecule is C=C[C@H](C[C@@H](C)O)OCOC. The van der Waals surface area contributed by atoms with Gasteiger partial charge < -0.3 is 14.6 Å². The van der Waals surface area contributed by atoms with Crippen LogP contribution in [-0.2, 0) is 9.47 Å². The third kappa shape index (κ3) is 6.04. The highest BCUT2D eigenvalue weighted by molar-refractivity contribution is 4.80. The summed E-state index contributed by atoms with van der Waals surface area (Å²) in [5.74, 6) is 0. The van der Waals surface area contributed by atoms with Crippen LogP contribution in [0.25, 0.3) is 0 Å². The van der Waals surface area contributed by atoms with Crippen LogP contribution in [0.15, 0.2) is 12.7 Å². The molecule has 3 heteroatoms. The Kier molecular flexibility index (Phi) is 6.12. The molecule has 0 aromatic rings. The van der Waals surface area contributed by atoms with Crippen LogP contribution in [0, 0.1) is 0 Å². The summed E-state index contributed by atoms with van der Waals surface area (Å²) in [6, 6.07) is 0. The summed E-state index contributed by atoms with van der Waals surface area (Å²) in [7, 11) is 1.56. The molecule has 0 fully saturated rings. The molecule has 11 heavy (non-hydrogen) atoms. The Hall–Kier alpha value is -0.380. The first kappa shape index (κ1) is 10.6. The first-order valence-electron chi connectivity index (χ1n) is 3.61. The zero-order valence-corrected chi connectivity index (χ0v) is 7.12.